The van der Waals surface area contributed by atoms with Crippen molar-refractivity contribution in [3.8, 4) is 5.75 Å². The highest BCUT2D eigenvalue weighted by molar-refractivity contribution is 5.83. The zero-order valence-corrected chi connectivity index (χ0v) is 13.8. The van der Waals surface area contributed by atoms with Crippen LogP contribution in [0, 0.1) is 0 Å². The van der Waals surface area contributed by atoms with E-state index in [1.54, 1.807) is 7.11 Å². The minimum Gasteiger partial charge on any atom is -0.497 e. The van der Waals surface area contributed by atoms with E-state index in [1.165, 1.54) is 13.3 Å². The molecule has 0 aromatic heterocycles. The summed E-state index contributed by atoms with van der Waals surface area (Å²) in [5.41, 5.74) is 0.920. The van der Waals surface area contributed by atoms with Gasteiger partial charge in [-0.15, -0.1) is 0 Å². The minimum absolute atomic E-state index is 0.0159. The van der Waals surface area contributed by atoms with Crippen molar-refractivity contribution in [2.24, 2.45) is 0 Å². The van der Waals surface area contributed by atoms with Crippen LogP contribution in [-0.2, 0) is 20.7 Å². The number of rotatable bonds is 6. The Morgan fingerprint density at radius 2 is 2.00 bits per heavy atom. The highest BCUT2D eigenvalue weighted by Gasteiger charge is 2.25. The Morgan fingerprint density at radius 1 is 1.26 bits per heavy atom. The summed E-state index contributed by atoms with van der Waals surface area (Å²) in [5, 5.41) is 2.70. The monoisotopic (exact) mass is 319 g/mol. The lowest BCUT2D eigenvalue weighted by atomic mass is 9.97. The molecule has 1 aromatic carbocycles. The standard InChI is InChI=1S/C18H25NO4/c1-13(20)19-17(12-14-7-6-10-16(11-14)22-2)18(21)23-15-8-4-3-5-9-15/h6-7,10-11,15,17H,3-5,8-9,12H2,1-2H3,(H,19,20). The van der Waals surface area contributed by atoms with Gasteiger partial charge in [0.1, 0.15) is 17.9 Å². The summed E-state index contributed by atoms with van der Waals surface area (Å²) >= 11 is 0. The van der Waals surface area contributed by atoms with Gasteiger partial charge in [0.25, 0.3) is 0 Å². The van der Waals surface area contributed by atoms with Gasteiger partial charge in [0.05, 0.1) is 7.11 Å². The number of amides is 1. The van der Waals surface area contributed by atoms with Crippen LogP contribution in [0.3, 0.4) is 0 Å². The fourth-order valence-corrected chi connectivity index (χ4v) is 2.90. The fourth-order valence-electron chi connectivity index (χ4n) is 2.90. The molecule has 23 heavy (non-hydrogen) atoms. The molecule has 5 nitrogen and oxygen atoms in total. The predicted octanol–water partition coefficient (Wildman–Crippen LogP) is 2.62. The molecule has 1 saturated carbocycles. The van der Waals surface area contributed by atoms with Crippen LogP contribution in [0.2, 0.25) is 0 Å². The van der Waals surface area contributed by atoms with E-state index in [2.05, 4.69) is 5.32 Å². The molecule has 1 amide bonds. The quantitative estimate of drug-likeness (QED) is 0.819. The molecule has 1 aliphatic carbocycles. The molecule has 0 bridgehead atoms. The third kappa shape index (κ3) is 5.58. The molecular weight excluding hydrogens is 294 g/mol. The molecule has 1 fully saturated rings. The molecule has 5 heteroatoms. The molecule has 126 valence electrons. The van der Waals surface area contributed by atoms with E-state index in [0.717, 1.165) is 37.0 Å². The molecule has 1 aliphatic rings. The molecule has 0 aliphatic heterocycles. The van der Waals surface area contributed by atoms with Gasteiger partial charge in [-0.25, -0.2) is 4.79 Å². The van der Waals surface area contributed by atoms with Crippen LogP contribution < -0.4 is 10.1 Å². The van der Waals surface area contributed by atoms with E-state index >= 15 is 0 Å². The van der Waals surface area contributed by atoms with Crippen molar-refractivity contribution >= 4 is 11.9 Å². The van der Waals surface area contributed by atoms with E-state index in [4.69, 9.17) is 9.47 Å². The molecule has 1 unspecified atom stereocenters. The molecule has 1 N–H and O–H groups in total. The Morgan fingerprint density at radius 3 is 2.65 bits per heavy atom. The summed E-state index contributed by atoms with van der Waals surface area (Å²) in [6.45, 7) is 1.41. The summed E-state index contributed by atoms with van der Waals surface area (Å²) in [7, 11) is 1.60. The van der Waals surface area contributed by atoms with Crippen LogP contribution in [0.5, 0.6) is 5.75 Å². The third-order valence-electron chi connectivity index (χ3n) is 4.07. The first-order chi connectivity index (χ1) is 11.1. The molecule has 1 aromatic rings. The number of benzene rings is 1. The smallest absolute Gasteiger partial charge is 0.329 e. The number of esters is 1. The second-order valence-electron chi connectivity index (χ2n) is 6.01. The maximum Gasteiger partial charge on any atom is 0.329 e. The van der Waals surface area contributed by atoms with Crippen molar-refractivity contribution in [3.05, 3.63) is 29.8 Å². The maximum absolute atomic E-state index is 12.4. The number of carbonyl (C=O) groups is 2. The van der Waals surface area contributed by atoms with E-state index < -0.39 is 6.04 Å². The van der Waals surface area contributed by atoms with Gasteiger partial charge in [-0.1, -0.05) is 18.6 Å². The summed E-state index contributed by atoms with van der Waals surface area (Å²) in [6, 6.07) is 6.82. The average Bonchev–Trinajstić information content (AvgIpc) is 2.55. The van der Waals surface area contributed by atoms with Gasteiger partial charge in [0.2, 0.25) is 5.91 Å². The van der Waals surface area contributed by atoms with Crippen molar-refractivity contribution in [2.75, 3.05) is 7.11 Å². The summed E-state index contributed by atoms with van der Waals surface area (Å²) in [6.07, 6.45) is 5.60. The first-order valence-electron chi connectivity index (χ1n) is 8.19. The first-order valence-corrected chi connectivity index (χ1v) is 8.19. The molecule has 0 saturated heterocycles. The third-order valence-corrected chi connectivity index (χ3v) is 4.07. The number of hydrogen-bond acceptors (Lipinski definition) is 4. The largest absolute Gasteiger partial charge is 0.497 e. The van der Waals surface area contributed by atoms with E-state index in [1.807, 2.05) is 24.3 Å². The lowest BCUT2D eigenvalue weighted by molar-refractivity contribution is -0.154. The van der Waals surface area contributed by atoms with Gasteiger partial charge in [0, 0.05) is 13.3 Å². The molecule has 0 radical (unpaired) electrons. The van der Waals surface area contributed by atoms with Gasteiger partial charge < -0.3 is 14.8 Å². The Kier molecular flexibility index (Phi) is 6.44. The highest BCUT2D eigenvalue weighted by Crippen LogP contribution is 2.21. The van der Waals surface area contributed by atoms with Gasteiger partial charge >= 0.3 is 5.97 Å². The van der Waals surface area contributed by atoms with Crippen molar-refractivity contribution in [3.63, 3.8) is 0 Å². The number of methoxy groups -OCH3 is 1. The Bertz CT molecular complexity index is 538. The maximum atomic E-state index is 12.4. The topological polar surface area (TPSA) is 64.6 Å². The molecule has 0 spiro atoms. The number of ether oxygens (including phenoxy) is 2. The zero-order chi connectivity index (χ0) is 16.7. The zero-order valence-electron chi connectivity index (χ0n) is 13.8. The van der Waals surface area contributed by atoms with Crippen LogP contribution >= 0.6 is 0 Å². The van der Waals surface area contributed by atoms with E-state index in [0.29, 0.717) is 6.42 Å². The van der Waals surface area contributed by atoms with Crippen LogP contribution in [0.4, 0.5) is 0 Å². The Balaban J connectivity index is 2.02. The lowest BCUT2D eigenvalue weighted by Crippen LogP contribution is -2.43. The Hall–Kier alpha value is -2.04. The molecular formula is C18H25NO4. The fraction of sp³-hybridized carbons (Fsp3) is 0.556. The minimum atomic E-state index is -0.665. The normalized spacial score (nSPS) is 16.4. The average molecular weight is 319 g/mol. The first kappa shape index (κ1) is 17.3. The Labute approximate surface area is 137 Å². The highest BCUT2D eigenvalue weighted by atomic mass is 16.5. The predicted molar refractivity (Wildman–Crippen MR) is 87.3 cm³/mol. The van der Waals surface area contributed by atoms with Crippen LogP contribution in [0.15, 0.2) is 24.3 Å². The van der Waals surface area contributed by atoms with Gasteiger partial charge in [-0.3, -0.25) is 4.79 Å². The molecule has 2 rings (SSSR count). The van der Waals surface area contributed by atoms with Crippen LogP contribution in [-0.4, -0.2) is 31.1 Å². The summed E-state index contributed by atoms with van der Waals surface area (Å²) in [5.74, 6) is 0.137. The van der Waals surface area contributed by atoms with Crippen molar-refractivity contribution < 1.29 is 19.1 Å². The van der Waals surface area contributed by atoms with Crippen molar-refractivity contribution in [2.45, 2.75) is 57.6 Å². The van der Waals surface area contributed by atoms with Crippen molar-refractivity contribution in [1.29, 1.82) is 0 Å². The molecule has 1 atom stereocenters. The van der Waals surface area contributed by atoms with Gasteiger partial charge in [0.15, 0.2) is 0 Å². The van der Waals surface area contributed by atoms with E-state index in [-0.39, 0.29) is 18.0 Å². The lowest BCUT2D eigenvalue weighted by Gasteiger charge is -2.25. The second-order valence-corrected chi connectivity index (χ2v) is 6.01. The molecule has 0 heterocycles. The van der Waals surface area contributed by atoms with E-state index in [9.17, 15) is 9.59 Å². The van der Waals surface area contributed by atoms with Gasteiger partial charge in [-0.2, -0.15) is 0 Å². The van der Waals surface area contributed by atoms with Crippen LogP contribution in [0.1, 0.15) is 44.6 Å². The SMILES string of the molecule is COc1cccc(CC(NC(C)=O)C(=O)OC2CCCCC2)c1. The summed E-state index contributed by atoms with van der Waals surface area (Å²) < 4.78 is 10.8. The summed E-state index contributed by atoms with van der Waals surface area (Å²) in [4.78, 5) is 23.9. The second kappa shape index (κ2) is 8.56. The number of nitrogens with one attached hydrogen (secondary N) is 1. The van der Waals surface area contributed by atoms with Crippen LogP contribution in [0.25, 0.3) is 0 Å². The van der Waals surface area contributed by atoms with Crippen molar-refractivity contribution in [1.82, 2.24) is 5.32 Å². The number of hydrogen-bond donors (Lipinski definition) is 1. The van der Waals surface area contributed by atoms with Gasteiger partial charge in [-0.05, 0) is 43.4 Å². The number of carbonyl (C=O) groups excluding carboxylic acids is 2.